The van der Waals surface area contributed by atoms with E-state index in [1.165, 1.54) is 0 Å². The van der Waals surface area contributed by atoms with Crippen LogP contribution >= 0.6 is 0 Å². The molecule has 0 aliphatic carbocycles. The first-order chi connectivity index (χ1) is 17.1. The Bertz CT molecular complexity index is 1310. The number of rotatable bonds is 6. The Hall–Kier alpha value is -3.93. The smallest absolute Gasteiger partial charge is 0.270 e. The normalized spacial score (nSPS) is 14.3. The second-order valence-corrected chi connectivity index (χ2v) is 9.28. The molecule has 0 saturated carbocycles. The summed E-state index contributed by atoms with van der Waals surface area (Å²) >= 11 is 0. The molecule has 0 radical (unpaired) electrons. The first-order valence-electron chi connectivity index (χ1n) is 12.2. The van der Waals surface area contributed by atoms with Crippen LogP contribution in [0.15, 0.2) is 85.2 Å². The Kier molecular flexibility index (Phi) is 6.62. The molecule has 3 heterocycles. The van der Waals surface area contributed by atoms with Gasteiger partial charge in [-0.25, -0.2) is 0 Å². The van der Waals surface area contributed by atoms with Crippen molar-refractivity contribution in [3.8, 4) is 0 Å². The van der Waals surface area contributed by atoms with Gasteiger partial charge in [-0.3, -0.25) is 14.6 Å². The Morgan fingerprint density at radius 3 is 2.34 bits per heavy atom. The standard InChI is InChI=1S/C29H30N4O2/c1-31(20-22-7-3-2-4-8-22)28(34)24-13-17-32(18-14-24)29(35)27-19-25-9-5-6-10-26(25)33(27)21-23-11-15-30-16-12-23/h2-12,15-16,19,24H,13-14,17-18,20-21H2,1H3. The van der Waals surface area contributed by atoms with E-state index in [1.54, 1.807) is 12.4 Å². The van der Waals surface area contributed by atoms with Crippen molar-refractivity contribution in [2.45, 2.75) is 25.9 Å². The van der Waals surface area contributed by atoms with Crippen molar-refractivity contribution < 1.29 is 9.59 Å². The maximum absolute atomic E-state index is 13.6. The zero-order chi connectivity index (χ0) is 24.2. The molecule has 0 unspecified atom stereocenters. The Labute approximate surface area is 205 Å². The second-order valence-electron chi connectivity index (χ2n) is 9.28. The van der Waals surface area contributed by atoms with Crippen molar-refractivity contribution in [2.24, 2.45) is 5.92 Å². The minimum atomic E-state index is -0.0459. The Morgan fingerprint density at radius 2 is 1.60 bits per heavy atom. The number of fused-ring (bicyclic) bond motifs is 1. The molecule has 0 spiro atoms. The third-order valence-electron chi connectivity index (χ3n) is 6.89. The molecular formula is C29H30N4O2. The van der Waals surface area contributed by atoms with Crippen LogP contribution in [0.4, 0.5) is 0 Å². The lowest BCUT2D eigenvalue weighted by atomic mass is 9.95. The maximum atomic E-state index is 13.6. The quantitative estimate of drug-likeness (QED) is 0.417. The van der Waals surface area contributed by atoms with Crippen molar-refractivity contribution in [2.75, 3.05) is 20.1 Å². The maximum Gasteiger partial charge on any atom is 0.270 e. The average molecular weight is 467 g/mol. The lowest BCUT2D eigenvalue weighted by Crippen LogP contribution is -2.43. The van der Waals surface area contributed by atoms with E-state index in [9.17, 15) is 9.59 Å². The van der Waals surface area contributed by atoms with Crippen LogP contribution < -0.4 is 0 Å². The molecule has 2 amide bonds. The molecule has 0 atom stereocenters. The number of piperidine rings is 1. The van der Waals surface area contributed by atoms with Crippen LogP contribution in [0.1, 0.15) is 34.5 Å². The number of hydrogen-bond acceptors (Lipinski definition) is 3. The molecule has 2 aromatic carbocycles. The van der Waals surface area contributed by atoms with E-state index in [4.69, 9.17) is 0 Å². The Morgan fingerprint density at radius 1 is 0.914 bits per heavy atom. The van der Waals surface area contributed by atoms with Crippen molar-refractivity contribution >= 4 is 22.7 Å². The number of nitrogens with zero attached hydrogens (tertiary/aromatic N) is 4. The molecule has 35 heavy (non-hydrogen) atoms. The number of likely N-dealkylation sites (tertiary alicyclic amines) is 1. The highest BCUT2D eigenvalue weighted by atomic mass is 16.2. The molecule has 1 aliphatic rings. The van der Waals surface area contributed by atoms with Crippen LogP contribution in [0.25, 0.3) is 10.9 Å². The SMILES string of the molecule is CN(Cc1ccccc1)C(=O)C1CCN(C(=O)c2cc3ccccc3n2Cc2ccncc2)CC1. The molecule has 2 aromatic heterocycles. The highest BCUT2D eigenvalue weighted by Gasteiger charge is 2.31. The summed E-state index contributed by atoms with van der Waals surface area (Å²) in [7, 11) is 1.87. The number of hydrogen-bond donors (Lipinski definition) is 0. The summed E-state index contributed by atoms with van der Waals surface area (Å²) in [6.07, 6.45) is 4.93. The van der Waals surface area contributed by atoms with E-state index in [0.29, 0.717) is 44.7 Å². The highest BCUT2D eigenvalue weighted by molar-refractivity contribution is 5.99. The summed E-state index contributed by atoms with van der Waals surface area (Å²) in [5.74, 6) is 0.141. The fourth-order valence-electron chi connectivity index (χ4n) is 4.97. The van der Waals surface area contributed by atoms with Crippen molar-refractivity contribution in [1.82, 2.24) is 19.4 Å². The van der Waals surface area contributed by atoms with Crippen LogP contribution in [-0.2, 0) is 17.9 Å². The van der Waals surface area contributed by atoms with E-state index in [1.807, 2.05) is 83.6 Å². The third-order valence-corrected chi connectivity index (χ3v) is 6.89. The van der Waals surface area contributed by atoms with Crippen LogP contribution in [0.2, 0.25) is 0 Å². The van der Waals surface area contributed by atoms with E-state index < -0.39 is 0 Å². The van der Waals surface area contributed by atoms with E-state index in [2.05, 4.69) is 15.6 Å². The van der Waals surface area contributed by atoms with Crippen molar-refractivity contribution in [1.29, 1.82) is 0 Å². The van der Waals surface area contributed by atoms with E-state index in [-0.39, 0.29) is 17.7 Å². The summed E-state index contributed by atoms with van der Waals surface area (Å²) in [6, 6.07) is 24.1. The number of pyridine rings is 1. The second kappa shape index (κ2) is 10.1. The summed E-state index contributed by atoms with van der Waals surface area (Å²) < 4.78 is 2.10. The largest absolute Gasteiger partial charge is 0.341 e. The molecule has 4 aromatic rings. The van der Waals surface area contributed by atoms with Gasteiger partial charge >= 0.3 is 0 Å². The van der Waals surface area contributed by atoms with Gasteiger partial charge in [-0.2, -0.15) is 0 Å². The summed E-state index contributed by atoms with van der Waals surface area (Å²) in [5, 5.41) is 1.05. The average Bonchev–Trinajstić information content (AvgIpc) is 3.27. The van der Waals surface area contributed by atoms with Gasteiger partial charge in [0.15, 0.2) is 0 Å². The number of para-hydroxylation sites is 1. The van der Waals surface area contributed by atoms with Gasteiger partial charge in [-0.15, -0.1) is 0 Å². The molecule has 1 saturated heterocycles. The predicted molar refractivity (Wildman–Crippen MR) is 137 cm³/mol. The van der Waals surface area contributed by atoms with Crippen LogP contribution in [0.5, 0.6) is 0 Å². The number of carbonyl (C=O) groups is 2. The molecule has 6 nitrogen and oxygen atoms in total. The summed E-state index contributed by atoms with van der Waals surface area (Å²) in [6.45, 7) is 2.39. The fourth-order valence-corrected chi connectivity index (χ4v) is 4.97. The van der Waals surface area contributed by atoms with Crippen molar-refractivity contribution in [3.05, 3.63) is 102 Å². The van der Waals surface area contributed by atoms with Gasteiger partial charge in [-0.05, 0) is 48.2 Å². The lowest BCUT2D eigenvalue weighted by molar-refractivity contribution is -0.136. The molecule has 6 heteroatoms. The molecule has 178 valence electrons. The van der Waals surface area contributed by atoms with Crippen LogP contribution in [-0.4, -0.2) is 51.3 Å². The third kappa shape index (κ3) is 4.97. The van der Waals surface area contributed by atoms with Gasteiger partial charge in [0.25, 0.3) is 5.91 Å². The molecule has 1 aliphatic heterocycles. The fraction of sp³-hybridized carbons (Fsp3) is 0.276. The first-order valence-corrected chi connectivity index (χ1v) is 12.2. The minimum absolute atomic E-state index is 0.0267. The molecule has 0 N–H and O–H groups in total. The van der Waals surface area contributed by atoms with Crippen molar-refractivity contribution in [3.63, 3.8) is 0 Å². The molecule has 5 rings (SSSR count). The lowest BCUT2D eigenvalue weighted by Gasteiger charge is -2.33. The topological polar surface area (TPSA) is 58.4 Å². The van der Waals surface area contributed by atoms with Gasteiger partial charge in [0.1, 0.15) is 5.69 Å². The Balaban J connectivity index is 1.28. The van der Waals surface area contributed by atoms with Gasteiger partial charge in [0.05, 0.1) is 0 Å². The highest BCUT2D eigenvalue weighted by Crippen LogP contribution is 2.26. The molecular weight excluding hydrogens is 436 g/mol. The van der Waals surface area contributed by atoms with Gasteiger partial charge in [-0.1, -0.05) is 48.5 Å². The number of benzene rings is 2. The molecule has 0 bridgehead atoms. The zero-order valence-corrected chi connectivity index (χ0v) is 20.0. The van der Waals surface area contributed by atoms with Gasteiger partial charge < -0.3 is 14.4 Å². The van der Waals surface area contributed by atoms with Gasteiger partial charge in [0, 0.05) is 62.4 Å². The number of carbonyl (C=O) groups excluding carboxylic acids is 2. The molecule has 1 fully saturated rings. The van der Waals surface area contributed by atoms with Crippen LogP contribution in [0, 0.1) is 5.92 Å². The van der Waals surface area contributed by atoms with Gasteiger partial charge in [0.2, 0.25) is 5.91 Å². The number of amides is 2. The zero-order valence-electron chi connectivity index (χ0n) is 20.0. The number of aromatic nitrogens is 2. The van der Waals surface area contributed by atoms with Crippen LogP contribution in [0.3, 0.4) is 0 Å². The monoisotopic (exact) mass is 466 g/mol. The first kappa shape index (κ1) is 22.8. The van der Waals surface area contributed by atoms with E-state index >= 15 is 0 Å². The van der Waals surface area contributed by atoms with E-state index in [0.717, 1.165) is 22.0 Å². The summed E-state index contributed by atoms with van der Waals surface area (Å²) in [4.78, 5) is 34.5. The minimum Gasteiger partial charge on any atom is -0.341 e. The summed E-state index contributed by atoms with van der Waals surface area (Å²) in [5.41, 5.74) is 3.95. The predicted octanol–water partition coefficient (Wildman–Crippen LogP) is 4.60.